The minimum absolute atomic E-state index is 0.781. The predicted molar refractivity (Wildman–Crippen MR) is 334 cm³/mol. The first-order valence-corrected chi connectivity index (χ1v) is 31.1. The molecule has 0 aliphatic heterocycles. The maximum atomic E-state index is 5.83. The fourth-order valence-corrected chi connectivity index (χ4v) is 22.5. The molecular weight excluding hydrogens is 991 g/mol. The minimum Gasteiger partial charge on any atom is -0.294 e. The molecule has 0 bridgehead atoms. The summed E-state index contributed by atoms with van der Waals surface area (Å²) in [5.74, 6) is 2.41. The molecule has 372 valence electrons. The van der Waals surface area contributed by atoms with Crippen LogP contribution in [0.5, 0.6) is 0 Å². The van der Waals surface area contributed by atoms with Crippen molar-refractivity contribution in [3.63, 3.8) is 0 Å². The Kier molecular flexibility index (Phi) is 11.1. The summed E-state index contributed by atoms with van der Waals surface area (Å²) in [5, 5.41) is 13.0. The van der Waals surface area contributed by atoms with Gasteiger partial charge in [0.05, 0.1) is 33.1 Å². The second-order valence-electron chi connectivity index (χ2n) is 20.5. The molecule has 0 aliphatic carbocycles. The molecule has 7 heteroatoms. The fourth-order valence-electron chi connectivity index (χ4n) is 13.0. The Morgan fingerprint density at radius 2 is 0.633 bits per heavy atom. The molecule has 15 rings (SSSR count). The maximum absolute atomic E-state index is 5.83. The molecule has 79 heavy (non-hydrogen) atoms. The Morgan fingerprint density at radius 3 is 1.14 bits per heavy atom. The fraction of sp³-hybridized carbons (Fsp3) is 0. The van der Waals surface area contributed by atoms with Crippen LogP contribution in [0.4, 0.5) is 0 Å². The molecule has 0 atom stereocenters. The van der Waals surface area contributed by atoms with Crippen LogP contribution in [-0.2, 0) is 0 Å². The average molecular weight is 1040 g/mol. The van der Waals surface area contributed by atoms with Gasteiger partial charge in [-0.05, 0) is 101 Å². The standard InChI is InChI=1S/C72H51N5Si2/c1-8-26-52(27-9-1)53-48-70(75-65-42-24-22-40-62(65)63-50-60(44-46-66(63)75)78(54-28-10-2-11-29-54,55-30-12-3-13-31-55)56-32-14-4-15-33-56)74-71(49-53)77-68-47-45-61(51-69(68)76-67-43-25-23-41-64(67)73-72(76)77)79(57-34-16-5-17-35-57,58-36-18-6-19-37-58)59-38-20-7-21-39-59/h1-51H. The van der Waals surface area contributed by atoms with Crippen LogP contribution in [0, 0.1) is 0 Å². The Balaban J connectivity index is 1.00. The number of pyridine rings is 1. The third kappa shape index (κ3) is 7.28. The number of hydrogen-bond donors (Lipinski definition) is 0. The molecule has 0 unspecified atom stereocenters. The number of benzene rings is 11. The topological polar surface area (TPSA) is 40.0 Å². The number of para-hydroxylation sites is 3. The van der Waals surface area contributed by atoms with Gasteiger partial charge >= 0.3 is 0 Å². The summed E-state index contributed by atoms with van der Waals surface area (Å²) in [4.78, 5) is 11.3. The van der Waals surface area contributed by atoms with Gasteiger partial charge in [0.15, 0.2) is 16.1 Å². The first kappa shape index (κ1) is 46.4. The van der Waals surface area contributed by atoms with E-state index in [1.165, 1.54) is 52.3 Å². The van der Waals surface area contributed by atoms with Crippen LogP contribution < -0.4 is 41.5 Å². The summed E-state index contributed by atoms with van der Waals surface area (Å²) in [6.45, 7) is 0. The third-order valence-corrected chi connectivity index (χ3v) is 25.9. The van der Waals surface area contributed by atoms with Gasteiger partial charge in [-0.1, -0.05) is 261 Å². The highest BCUT2D eigenvalue weighted by molar-refractivity contribution is 7.20. The van der Waals surface area contributed by atoms with Crippen molar-refractivity contribution in [3.8, 4) is 22.8 Å². The molecule has 4 heterocycles. The number of rotatable bonds is 11. The van der Waals surface area contributed by atoms with Crippen molar-refractivity contribution >= 4 is 107 Å². The molecule has 0 N–H and O–H groups in total. The van der Waals surface area contributed by atoms with Crippen LogP contribution >= 0.6 is 0 Å². The normalized spacial score (nSPS) is 12.1. The van der Waals surface area contributed by atoms with Gasteiger partial charge in [0.25, 0.3) is 0 Å². The maximum Gasteiger partial charge on any atom is 0.221 e. The Labute approximate surface area is 460 Å². The Morgan fingerprint density at radius 1 is 0.241 bits per heavy atom. The van der Waals surface area contributed by atoms with E-state index in [0.29, 0.717) is 0 Å². The average Bonchev–Trinajstić information content (AvgIpc) is 4.27. The van der Waals surface area contributed by atoms with Gasteiger partial charge < -0.3 is 0 Å². The molecule has 15 aromatic rings. The first-order chi connectivity index (χ1) is 39.2. The monoisotopic (exact) mass is 1040 g/mol. The lowest BCUT2D eigenvalue weighted by Crippen LogP contribution is -2.74. The zero-order chi connectivity index (χ0) is 52.3. The van der Waals surface area contributed by atoms with Gasteiger partial charge in [-0.2, -0.15) is 0 Å². The summed E-state index contributed by atoms with van der Waals surface area (Å²) in [6.07, 6.45) is 0. The van der Waals surface area contributed by atoms with Crippen molar-refractivity contribution in [2.45, 2.75) is 0 Å². The lowest BCUT2D eigenvalue weighted by molar-refractivity contribution is 0.997. The van der Waals surface area contributed by atoms with Crippen LogP contribution in [0.2, 0.25) is 0 Å². The highest BCUT2D eigenvalue weighted by Crippen LogP contribution is 2.36. The molecule has 0 amide bonds. The van der Waals surface area contributed by atoms with Crippen molar-refractivity contribution in [1.82, 2.24) is 23.5 Å². The Bertz CT molecular complexity index is 4500. The van der Waals surface area contributed by atoms with E-state index < -0.39 is 16.1 Å². The second-order valence-corrected chi connectivity index (χ2v) is 28.1. The van der Waals surface area contributed by atoms with E-state index in [-0.39, 0.29) is 0 Å². The predicted octanol–water partition coefficient (Wildman–Crippen LogP) is 11.3. The van der Waals surface area contributed by atoms with E-state index in [2.05, 4.69) is 323 Å². The van der Waals surface area contributed by atoms with E-state index in [0.717, 1.165) is 61.6 Å². The second kappa shape index (κ2) is 19.0. The molecule has 11 aromatic carbocycles. The van der Waals surface area contributed by atoms with Crippen molar-refractivity contribution in [2.24, 2.45) is 0 Å². The van der Waals surface area contributed by atoms with Gasteiger partial charge in [0, 0.05) is 10.8 Å². The van der Waals surface area contributed by atoms with E-state index >= 15 is 0 Å². The number of nitrogens with zero attached hydrogens (tertiary/aromatic N) is 5. The van der Waals surface area contributed by atoms with Gasteiger partial charge in [-0.3, -0.25) is 13.5 Å². The molecule has 4 aromatic heterocycles. The molecule has 0 saturated heterocycles. The zero-order valence-corrected chi connectivity index (χ0v) is 45.2. The lowest BCUT2D eigenvalue weighted by Gasteiger charge is -2.34. The van der Waals surface area contributed by atoms with Crippen molar-refractivity contribution in [1.29, 1.82) is 0 Å². The lowest BCUT2D eigenvalue weighted by atomic mass is 10.1. The number of hydrogen-bond acceptors (Lipinski definition) is 2. The van der Waals surface area contributed by atoms with Gasteiger partial charge in [-0.15, -0.1) is 0 Å². The van der Waals surface area contributed by atoms with Gasteiger partial charge in [0.1, 0.15) is 11.6 Å². The molecular formula is C72H51N5Si2. The summed E-state index contributed by atoms with van der Waals surface area (Å²) in [6, 6.07) is 114. The summed E-state index contributed by atoms with van der Waals surface area (Å²) < 4.78 is 7.02. The molecule has 0 aliphatic rings. The van der Waals surface area contributed by atoms with Crippen LogP contribution in [0.3, 0.4) is 0 Å². The summed E-state index contributed by atoms with van der Waals surface area (Å²) in [7, 11) is -5.75. The molecule has 0 fully saturated rings. The van der Waals surface area contributed by atoms with Crippen LogP contribution in [-0.4, -0.2) is 39.7 Å². The summed E-state index contributed by atoms with van der Waals surface area (Å²) in [5.41, 5.74) is 8.41. The first-order valence-electron chi connectivity index (χ1n) is 27.1. The van der Waals surface area contributed by atoms with E-state index in [4.69, 9.17) is 9.97 Å². The van der Waals surface area contributed by atoms with Crippen molar-refractivity contribution < 1.29 is 0 Å². The molecule has 0 spiro atoms. The highest BCUT2D eigenvalue weighted by Gasteiger charge is 2.43. The molecule has 0 radical (unpaired) electrons. The van der Waals surface area contributed by atoms with E-state index in [1.807, 2.05) is 0 Å². The molecule has 5 nitrogen and oxygen atoms in total. The quantitative estimate of drug-likeness (QED) is 0.0957. The number of fused-ring (bicyclic) bond motifs is 8. The van der Waals surface area contributed by atoms with E-state index in [9.17, 15) is 0 Å². The van der Waals surface area contributed by atoms with E-state index in [1.54, 1.807) is 0 Å². The number of aromatic nitrogens is 5. The highest BCUT2D eigenvalue weighted by atomic mass is 28.3. The zero-order valence-electron chi connectivity index (χ0n) is 43.2. The third-order valence-electron chi connectivity index (χ3n) is 16.3. The van der Waals surface area contributed by atoms with Crippen molar-refractivity contribution in [3.05, 3.63) is 309 Å². The van der Waals surface area contributed by atoms with Crippen LogP contribution in [0.15, 0.2) is 309 Å². The van der Waals surface area contributed by atoms with Crippen molar-refractivity contribution in [2.75, 3.05) is 0 Å². The number of imidazole rings is 2. The van der Waals surface area contributed by atoms with Crippen LogP contribution in [0.25, 0.3) is 72.4 Å². The van der Waals surface area contributed by atoms with Crippen LogP contribution in [0.1, 0.15) is 0 Å². The van der Waals surface area contributed by atoms with Gasteiger partial charge in [-0.25, -0.2) is 9.97 Å². The minimum atomic E-state index is -2.91. The SMILES string of the molecule is c1ccc(-c2cc(-n3c4ccccc4c4cc([Si](c5ccccc5)(c5ccccc5)c5ccccc5)ccc43)nc(-n3c4ccc([Si](c5ccccc5)(c5ccccc5)c5ccccc5)cc4n4c5ccccc5nc34)c2)cc1. The molecule has 0 saturated carbocycles. The Hall–Kier alpha value is -9.93. The smallest absolute Gasteiger partial charge is 0.221 e. The largest absolute Gasteiger partial charge is 0.294 e. The summed E-state index contributed by atoms with van der Waals surface area (Å²) >= 11 is 0. The van der Waals surface area contributed by atoms with Gasteiger partial charge in [0.2, 0.25) is 5.78 Å².